The summed E-state index contributed by atoms with van der Waals surface area (Å²) in [6.07, 6.45) is 0. The molecule has 3 nitrogen and oxygen atoms in total. The third kappa shape index (κ3) is 2.10. The number of fused-ring (bicyclic) bond motifs is 1. The van der Waals surface area contributed by atoms with Gasteiger partial charge in [0.1, 0.15) is 0 Å². The number of aryl methyl sites for hydroxylation is 2. The Morgan fingerprint density at radius 3 is 2.45 bits per heavy atom. The van der Waals surface area contributed by atoms with Gasteiger partial charge in [-0.05, 0) is 40.1 Å². The molecule has 0 bridgehead atoms. The molecule has 2 heterocycles. The molecule has 1 aromatic carbocycles. The van der Waals surface area contributed by atoms with E-state index in [-0.39, 0.29) is 10.5 Å². The van der Waals surface area contributed by atoms with Gasteiger partial charge in [0.25, 0.3) is 0 Å². The quantitative estimate of drug-likeness (QED) is 0.576. The molecule has 2 aromatic heterocycles. The van der Waals surface area contributed by atoms with E-state index in [0.29, 0.717) is 0 Å². The summed E-state index contributed by atoms with van der Waals surface area (Å²) in [5.41, 5.74) is 4.20. The summed E-state index contributed by atoms with van der Waals surface area (Å²) in [5.74, 6) is 0. The van der Waals surface area contributed by atoms with Crippen molar-refractivity contribution in [3.05, 3.63) is 55.0 Å². The van der Waals surface area contributed by atoms with Crippen LogP contribution in [0.2, 0.25) is 0 Å². The van der Waals surface area contributed by atoms with Gasteiger partial charge in [-0.25, -0.2) is 4.79 Å². The minimum absolute atomic E-state index is 0.00861. The van der Waals surface area contributed by atoms with Crippen LogP contribution in [0.25, 0.3) is 11.0 Å². The average Bonchev–Trinajstić information content (AvgIpc) is 3.03. The fourth-order valence-corrected chi connectivity index (χ4v) is 4.72. The summed E-state index contributed by atoms with van der Waals surface area (Å²) in [6.45, 7) is 0. The Hall–Kier alpha value is -0.850. The molecule has 1 unspecified atom stereocenters. The second kappa shape index (κ2) is 5.16. The SMILES string of the molecule is Cn1c(=O)n(C)c2cc(C(Br)c3ccsc3)c(Br)cc21. The Labute approximate surface area is 137 Å². The number of aromatic nitrogens is 2. The van der Waals surface area contributed by atoms with Crippen molar-refractivity contribution < 1.29 is 0 Å². The number of nitrogens with zero attached hydrogens (tertiary/aromatic N) is 2. The molecule has 3 aromatic rings. The van der Waals surface area contributed by atoms with E-state index < -0.39 is 0 Å². The van der Waals surface area contributed by atoms with E-state index in [1.165, 1.54) is 5.56 Å². The van der Waals surface area contributed by atoms with Gasteiger partial charge in [0, 0.05) is 18.6 Å². The lowest BCUT2D eigenvalue weighted by Crippen LogP contribution is -2.19. The van der Waals surface area contributed by atoms with E-state index in [0.717, 1.165) is 21.1 Å². The van der Waals surface area contributed by atoms with E-state index in [2.05, 4.69) is 54.8 Å². The Morgan fingerprint density at radius 2 is 1.85 bits per heavy atom. The number of rotatable bonds is 2. The first-order chi connectivity index (χ1) is 9.50. The Morgan fingerprint density at radius 1 is 1.20 bits per heavy atom. The average molecular weight is 416 g/mol. The molecule has 0 saturated heterocycles. The van der Waals surface area contributed by atoms with Crippen LogP contribution in [0.4, 0.5) is 0 Å². The topological polar surface area (TPSA) is 26.9 Å². The second-order valence-electron chi connectivity index (χ2n) is 4.68. The Balaban J connectivity index is 2.25. The van der Waals surface area contributed by atoms with Crippen LogP contribution in [0.15, 0.2) is 38.2 Å². The van der Waals surface area contributed by atoms with Gasteiger partial charge in [0.15, 0.2) is 0 Å². The first-order valence-electron chi connectivity index (χ1n) is 6.01. The second-order valence-corrected chi connectivity index (χ2v) is 7.23. The van der Waals surface area contributed by atoms with Gasteiger partial charge in [0.05, 0.1) is 15.9 Å². The molecule has 20 heavy (non-hydrogen) atoms. The van der Waals surface area contributed by atoms with Gasteiger partial charge >= 0.3 is 5.69 Å². The van der Waals surface area contributed by atoms with Crippen LogP contribution in [-0.4, -0.2) is 9.13 Å². The Bertz CT molecular complexity index is 833. The normalized spacial score (nSPS) is 13.0. The van der Waals surface area contributed by atoms with E-state index in [4.69, 9.17) is 0 Å². The molecule has 0 spiro atoms. The van der Waals surface area contributed by atoms with E-state index >= 15 is 0 Å². The van der Waals surface area contributed by atoms with Gasteiger partial charge in [-0.3, -0.25) is 9.13 Å². The first kappa shape index (κ1) is 14.1. The summed E-state index contributed by atoms with van der Waals surface area (Å²) in [6, 6.07) is 6.18. The van der Waals surface area contributed by atoms with Crippen LogP contribution in [0.5, 0.6) is 0 Å². The van der Waals surface area contributed by atoms with Gasteiger partial charge < -0.3 is 0 Å². The lowest BCUT2D eigenvalue weighted by molar-refractivity contribution is 0.795. The van der Waals surface area contributed by atoms with Crippen LogP contribution in [0, 0.1) is 0 Å². The minimum atomic E-state index is -0.00861. The van der Waals surface area contributed by atoms with E-state index in [9.17, 15) is 4.79 Å². The van der Waals surface area contributed by atoms with Crippen molar-refractivity contribution in [1.82, 2.24) is 9.13 Å². The van der Waals surface area contributed by atoms with Gasteiger partial charge in [-0.15, -0.1) is 0 Å². The van der Waals surface area contributed by atoms with Crippen molar-refractivity contribution in [3.8, 4) is 0 Å². The smallest absolute Gasteiger partial charge is 0.295 e. The van der Waals surface area contributed by atoms with Crippen LogP contribution in [-0.2, 0) is 14.1 Å². The van der Waals surface area contributed by atoms with Crippen LogP contribution in [0.3, 0.4) is 0 Å². The molecule has 0 fully saturated rings. The molecule has 104 valence electrons. The number of hydrogen-bond acceptors (Lipinski definition) is 2. The molecular formula is C14H12Br2N2OS. The molecule has 6 heteroatoms. The van der Waals surface area contributed by atoms with Crippen LogP contribution < -0.4 is 5.69 Å². The lowest BCUT2D eigenvalue weighted by Gasteiger charge is -2.12. The highest BCUT2D eigenvalue weighted by Crippen LogP contribution is 2.38. The van der Waals surface area contributed by atoms with Crippen LogP contribution >= 0.6 is 43.2 Å². The van der Waals surface area contributed by atoms with E-state index in [1.807, 2.05) is 6.07 Å². The summed E-state index contributed by atoms with van der Waals surface area (Å²) in [5, 5.41) is 4.19. The third-order valence-electron chi connectivity index (χ3n) is 3.50. The largest absolute Gasteiger partial charge is 0.328 e. The molecule has 0 saturated carbocycles. The van der Waals surface area contributed by atoms with Crippen molar-refractivity contribution in [2.75, 3.05) is 0 Å². The lowest BCUT2D eigenvalue weighted by atomic mass is 10.1. The minimum Gasteiger partial charge on any atom is -0.295 e. The Kier molecular flexibility index (Phi) is 3.64. The zero-order valence-electron chi connectivity index (χ0n) is 10.9. The number of halogens is 2. The molecule has 3 rings (SSSR count). The van der Waals surface area contributed by atoms with Gasteiger partial charge in [-0.1, -0.05) is 31.9 Å². The maximum Gasteiger partial charge on any atom is 0.328 e. The standard InChI is InChI=1S/C14H12Br2N2OS/c1-17-11-5-9(13(16)8-3-4-20-7-8)10(15)6-12(11)18(2)14(17)19/h3-7,13H,1-2H3. The zero-order chi connectivity index (χ0) is 14.4. The number of hydrogen-bond donors (Lipinski definition) is 0. The molecular weight excluding hydrogens is 404 g/mol. The zero-order valence-corrected chi connectivity index (χ0v) is 14.9. The molecule has 0 amide bonds. The predicted molar refractivity (Wildman–Crippen MR) is 90.9 cm³/mol. The van der Waals surface area contributed by atoms with Crippen molar-refractivity contribution in [2.24, 2.45) is 14.1 Å². The fraction of sp³-hybridized carbons (Fsp3) is 0.214. The highest BCUT2D eigenvalue weighted by molar-refractivity contribution is 9.11. The summed E-state index contributed by atoms with van der Waals surface area (Å²) < 4.78 is 4.34. The monoisotopic (exact) mass is 414 g/mol. The van der Waals surface area contributed by atoms with Crippen molar-refractivity contribution in [1.29, 1.82) is 0 Å². The number of imidazole rings is 1. The van der Waals surface area contributed by atoms with Crippen molar-refractivity contribution >= 4 is 54.2 Å². The molecule has 0 aliphatic rings. The van der Waals surface area contributed by atoms with Gasteiger partial charge in [-0.2, -0.15) is 11.3 Å². The summed E-state index contributed by atoms with van der Waals surface area (Å²) >= 11 is 9.04. The number of thiophene rings is 1. The van der Waals surface area contributed by atoms with Gasteiger partial charge in [0.2, 0.25) is 0 Å². The molecule has 0 radical (unpaired) electrons. The van der Waals surface area contributed by atoms with Crippen LogP contribution in [0.1, 0.15) is 16.0 Å². The van der Waals surface area contributed by atoms with Crippen molar-refractivity contribution in [2.45, 2.75) is 4.83 Å². The summed E-state index contributed by atoms with van der Waals surface area (Å²) in [7, 11) is 3.59. The maximum absolute atomic E-state index is 12.0. The van der Waals surface area contributed by atoms with E-state index in [1.54, 1.807) is 34.6 Å². The molecule has 1 atom stereocenters. The molecule has 0 aliphatic carbocycles. The molecule has 0 aliphatic heterocycles. The maximum atomic E-state index is 12.0. The fourth-order valence-electron chi connectivity index (χ4n) is 2.33. The highest BCUT2D eigenvalue weighted by atomic mass is 79.9. The first-order valence-corrected chi connectivity index (χ1v) is 8.67. The predicted octanol–water partition coefficient (Wildman–Crippen LogP) is 4.19. The molecule has 0 N–H and O–H groups in total. The summed E-state index contributed by atoms with van der Waals surface area (Å²) in [4.78, 5) is 12.1. The number of benzene rings is 1. The number of alkyl halides is 1. The highest BCUT2D eigenvalue weighted by Gasteiger charge is 2.17. The third-order valence-corrected chi connectivity index (χ3v) is 5.91. The van der Waals surface area contributed by atoms with Crippen molar-refractivity contribution in [3.63, 3.8) is 0 Å².